The van der Waals surface area contributed by atoms with Crippen molar-refractivity contribution >= 4 is 63.0 Å². The minimum Gasteiger partial charge on any atom is -0.661 e. The van der Waals surface area contributed by atoms with Crippen molar-refractivity contribution in [2.75, 3.05) is 4.90 Å². The Labute approximate surface area is 328 Å². The second-order valence-electron chi connectivity index (χ2n) is 14.7. The zero-order valence-corrected chi connectivity index (χ0v) is 34.3. The maximum atomic E-state index is 8.44. The van der Waals surface area contributed by atoms with Gasteiger partial charge in [-0.05, 0) is 46.5 Å². The van der Waals surface area contributed by atoms with E-state index in [2.05, 4.69) is 134 Å². The number of anilines is 2. The van der Waals surface area contributed by atoms with Gasteiger partial charge >= 0.3 is 20.1 Å². The number of hydrogen-bond acceptors (Lipinski definition) is 3. The van der Waals surface area contributed by atoms with E-state index in [1.54, 1.807) is 0 Å². The molecule has 8 aromatic rings. The van der Waals surface area contributed by atoms with Gasteiger partial charge in [-0.3, -0.25) is 0 Å². The number of furan rings is 1. The van der Waals surface area contributed by atoms with Crippen LogP contribution in [0.25, 0.3) is 49.3 Å². The van der Waals surface area contributed by atoms with Crippen molar-refractivity contribution in [3.8, 4) is 11.3 Å². The Kier molecular flexibility index (Phi) is 9.78. The van der Waals surface area contributed by atoms with Crippen LogP contribution in [0, 0.1) is 19.1 Å². The van der Waals surface area contributed by atoms with Crippen LogP contribution in [-0.2, 0) is 20.1 Å². The van der Waals surface area contributed by atoms with E-state index in [4.69, 9.17) is 11.1 Å². The van der Waals surface area contributed by atoms with E-state index in [9.17, 15) is 0 Å². The average Bonchev–Trinajstić information content (AvgIpc) is 3.75. The Balaban J connectivity index is 0.000000186. The molecule has 6 heteroatoms. The second kappa shape index (κ2) is 14.8. The van der Waals surface area contributed by atoms with Gasteiger partial charge < -0.3 is 19.6 Å². The van der Waals surface area contributed by atoms with Gasteiger partial charge in [0, 0.05) is 35.3 Å². The molecule has 53 heavy (non-hydrogen) atoms. The number of fused-ring (bicyclic) bond motifs is 6. The molecule has 0 bridgehead atoms. The summed E-state index contributed by atoms with van der Waals surface area (Å²) in [7, 11) is -1.50. The molecule has 0 saturated carbocycles. The third-order valence-electron chi connectivity index (χ3n) is 9.83. The van der Waals surface area contributed by atoms with Crippen LogP contribution in [0.15, 0.2) is 138 Å². The number of aryl methyl sites for hydroxylation is 1. The molecular weight excluding hydrogens is 843 g/mol. The first-order valence-electron chi connectivity index (χ1n) is 18.4. The molecular formula is C47H42IrN3OSi. The van der Waals surface area contributed by atoms with Gasteiger partial charge in [0.05, 0.1) is 8.07 Å². The first-order chi connectivity index (χ1) is 25.5. The summed E-state index contributed by atoms with van der Waals surface area (Å²) < 4.78 is 14.9. The molecule has 0 saturated heterocycles. The molecule has 3 heterocycles. The number of rotatable bonds is 5. The van der Waals surface area contributed by atoms with Crippen molar-refractivity contribution in [3.63, 3.8) is 0 Å². The van der Waals surface area contributed by atoms with E-state index in [0.717, 1.165) is 66.9 Å². The molecule has 1 unspecified atom stereocenters. The normalized spacial score (nSPS) is 14.3. The van der Waals surface area contributed by atoms with Crippen molar-refractivity contribution in [2.45, 2.75) is 52.5 Å². The van der Waals surface area contributed by atoms with Crippen LogP contribution in [0.4, 0.5) is 17.1 Å². The predicted molar refractivity (Wildman–Crippen MR) is 221 cm³/mol. The molecule has 0 radical (unpaired) electrons. The Hall–Kier alpha value is -5.00. The summed E-state index contributed by atoms with van der Waals surface area (Å²) in [5, 5.41) is 11.2. The van der Waals surface area contributed by atoms with Crippen LogP contribution in [0.5, 0.6) is 0 Å². The molecule has 1 aliphatic rings. The predicted octanol–water partition coefficient (Wildman–Crippen LogP) is 12.9. The molecule has 1 atom stereocenters. The quantitative estimate of drug-likeness (QED) is 0.128. The molecule has 0 amide bonds. The molecule has 2 aromatic heterocycles. The standard InChI is InChI=1S/C30H20N2O.C17H22NSi.Ir/c1-19-15-17-24(29-27(19)23-13-7-8-14-26(23)33-29)30-31-25-18-16-20-9-5-6-12-22(20)28(25)32(30)21-10-3-2-4-11-21;1-13(2)15-11-16(14-9-7-6-8-10-14)18-12-17(15)19(3,4)5;/h2-16,18,30H,1H3;6-9,11-13H,1-5H3;/q-2;-1;+3/i;13D;. The zero-order valence-electron chi connectivity index (χ0n) is 31.9. The first-order valence-corrected chi connectivity index (χ1v) is 21.4. The topological polar surface area (TPSA) is 43.4 Å². The van der Waals surface area contributed by atoms with Crippen LogP contribution < -0.4 is 10.1 Å². The number of nitrogens with zero attached hydrogens (tertiary/aromatic N) is 3. The molecule has 4 nitrogen and oxygen atoms in total. The van der Waals surface area contributed by atoms with E-state index in [-0.39, 0.29) is 26.3 Å². The van der Waals surface area contributed by atoms with E-state index in [1.807, 2.05) is 62.5 Å². The van der Waals surface area contributed by atoms with Crippen molar-refractivity contribution in [3.05, 3.63) is 168 Å². The summed E-state index contributed by atoms with van der Waals surface area (Å²) in [6.45, 7) is 12.9. The number of aromatic nitrogens is 1. The van der Waals surface area contributed by atoms with Gasteiger partial charge in [-0.15, -0.1) is 52.7 Å². The van der Waals surface area contributed by atoms with E-state index in [0.29, 0.717) is 0 Å². The maximum absolute atomic E-state index is 8.44. The van der Waals surface area contributed by atoms with Crippen molar-refractivity contribution in [1.82, 2.24) is 4.98 Å². The number of hydrogen-bond donors (Lipinski definition) is 0. The Morgan fingerprint density at radius 3 is 2.30 bits per heavy atom. The molecule has 0 fully saturated rings. The summed E-state index contributed by atoms with van der Waals surface area (Å²) in [6, 6.07) is 50.2. The minimum atomic E-state index is -1.50. The van der Waals surface area contributed by atoms with E-state index in [1.165, 1.54) is 16.0 Å². The SMILES string of the molecule is Cc1c[c-]c(C2[N-]c3ccc4ccccc4c3N2c2ccccc2)c2oc3ccccc3c12.[2H]C(C)(C)c1cc(-c2[c-]cccc2)ncc1[Si](C)(C)C.[Ir+3]. The van der Waals surface area contributed by atoms with Gasteiger partial charge in [-0.2, -0.15) is 12.1 Å². The smallest absolute Gasteiger partial charge is 0.661 e. The van der Waals surface area contributed by atoms with Gasteiger partial charge in [0.2, 0.25) is 0 Å². The molecule has 6 aromatic carbocycles. The van der Waals surface area contributed by atoms with Crippen molar-refractivity contribution in [2.24, 2.45) is 0 Å². The van der Waals surface area contributed by atoms with Crippen LogP contribution in [0.2, 0.25) is 19.6 Å². The largest absolute Gasteiger partial charge is 3.00 e. The molecule has 264 valence electrons. The summed E-state index contributed by atoms with van der Waals surface area (Å²) in [5.41, 5.74) is 10.1. The van der Waals surface area contributed by atoms with Gasteiger partial charge in [0.1, 0.15) is 5.58 Å². The summed E-state index contributed by atoms with van der Waals surface area (Å²) in [6.07, 6.45) is 1.71. The molecule has 0 aliphatic carbocycles. The zero-order chi connectivity index (χ0) is 36.9. The fourth-order valence-electron chi connectivity index (χ4n) is 7.27. The minimum absolute atomic E-state index is 0. The van der Waals surface area contributed by atoms with Gasteiger partial charge in [-0.25, -0.2) is 0 Å². The van der Waals surface area contributed by atoms with Crippen LogP contribution >= 0.6 is 0 Å². The van der Waals surface area contributed by atoms with E-state index < -0.39 is 14.0 Å². The maximum Gasteiger partial charge on any atom is 3.00 e. The second-order valence-corrected chi connectivity index (χ2v) is 19.7. The summed E-state index contributed by atoms with van der Waals surface area (Å²) in [5.74, 6) is -0.609. The molecule has 0 spiro atoms. The van der Waals surface area contributed by atoms with Gasteiger partial charge in [0.15, 0.2) is 0 Å². The van der Waals surface area contributed by atoms with Crippen LogP contribution in [0.1, 0.15) is 44.0 Å². The number of para-hydroxylation sites is 2. The van der Waals surface area contributed by atoms with Crippen LogP contribution in [-0.4, -0.2) is 13.1 Å². The number of pyridine rings is 1. The number of benzene rings is 6. The Morgan fingerprint density at radius 2 is 1.57 bits per heavy atom. The third kappa shape index (κ3) is 6.83. The monoisotopic (exact) mass is 886 g/mol. The molecule has 1 aliphatic heterocycles. The Morgan fingerprint density at radius 1 is 0.849 bits per heavy atom. The molecule has 0 N–H and O–H groups in total. The van der Waals surface area contributed by atoms with Crippen LogP contribution in [0.3, 0.4) is 0 Å². The van der Waals surface area contributed by atoms with Gasteiger partial charge in [0.25, 0.3) is 0 Å². The van der Waals surface area contributed by atoms with Crippen molar-refractivity contribution < 1.29 is 25.9 Å². The third-order valence-corrected chi connectivity index (χ3v) is 11.8. The van der Waals surface area contributed by atoms with Crippen molar-refractivity contribution in [1.29, 1.82) is 0 Å². The molecule has 9 rings (SSSR count). The Bertz CT molecular complexity index is 2590. The summed E-state index contributed by atoms with van der Waals surface area (Å²) >= 11 is 0. The first kappa shape index (κ1) is 35.0. The summed E-state index contributed by atoms with van der Waals surface area (Å²) in [4.78, 5) is 6.93. The fourth-order valence-corrected chi connectivity index (χ4v) is 8.86. The van der Waals surface area contributed by atoms with E-state index >= 15 is 0 Å². The fraction of sp³-hybridized carbons (Fsp3) is 0.170. The average molecular weight is 886 g/mol. The van der Waals surface area contributed by atoms with Gasteiger partial charge in [-0.1, -0.05) is 130 Å².